The lowest BCUT2D eigenvalue weighted by molar-refractivity contribution is -0.133. The lowest BCUT2D eigenvalue weighted by atomic mass is 9.97. The van der Waals surface area contributed by atoms with Gasteiger partial charge in [-0.25, -0.2) is 0 Å². The molecule has 1 unspecified atom stereocenters. The molecule has 4 rings (SSSR count). The smallest absolute Gasteiger partial charge is 0.296 e. The van der Waals surface area contributed by atoms with Gasteiger partial charge >= 0.3 is 0 Å². The van der Waals surface area contributed by atoms with Gasteiger partial charge < -0.3 is 9.73 Å². The number of fused-ring (bicyclic) bond motifs is 1. The van der Waals surface area contributed by atoms with Crippen LogP contribution in [0.1, 0.15) is 41.8 Å². The Hall–Kier alpha value is -1.66. The fourth-order valence-electron chi connectivity index (χ4n) is 3.54. The number of hydrogen-bond donors (Lipinski definition) is 1. The molecule has 6 heteroatoms. The van der Waals surface area contributed by atoms with E-state index in [1.165, 1.54) is 4.90 Å². The lowest BCUT2D eigenvalue weighted by Gasteiger charge is -2.28. The molecule has 1 N–H and O–H groups in total. The van der Waals surface area contributed by atoms with Crippen LogP contribution in [0.25, 0.3) is 11.0 Å². The quantitative estimate of drug-likeness (QED) is 0.793. The Labute approximate surface area is 154 Å². The molecule has 1 atom stereocenters. The molecule has 1 saturated heterocycles. The molecular formula is C19H21BrN2O3. The molecular weight excluding hydrogens is 384 g/mol. The first-order valence-corrected chi connectivity index (χ1v) is 9.62. The van der Waals surface area contributed by atoms with Gasteiger partial charge in [0.25, 0.3) is 5.91 Å². The third kappa shape index (κ3) is 3.13. The second-order valence-corrected chi connectivity index (χ2v) is 7.90. The zero-order chi connectivity index (χ0) is 17.6. The number of piperidine rings is 1. The maximum atomic E-state index is 13.2. The van der Waals surface area contributed by atoms with Crippen LogP contribution in [-0.4, -0.2) is 35.8 Å². The number of amides is 2. The van der Waals surface area contributed by atoms with Crippen LogP contribution in [0.15, 0.2) is 27.1 Å². The molecule has 0 radical (unpaired) electrons. The highest BCUT2D eigenvalue weighted by Crippen LogP contribution is 2.34. The van der Waals surface area contributed by atoms with E-state index in [9.17, 15) is 9.59 Å². The van der Waals surface area contributed by atoms with E-state index in [1.807, 2.05) is 25.1 Å². The number of rotatable bonds is 3. The molecule has 0 bridgehead atoms. The zero-order valence-corrected chi connectivity index (χ0v) is 15.8. The van der Waals surface area contributed by atoms with Crippen molar-refractivity contribution in [2.24, 2.45) is 5.92 Å². The average Bonchev–Trinajstić information content (AvgIpc) is 3.40. The van der Waals surface area contributed by atoms with Crippen molar-refractivity contribution in [3.05, 3.63) is 34.0 Å². The van der Waals surface area contributed by atoms with Gasteiger partial charge in [-0.2, -0.15) is 0 Å². The van der Waals surface area contributed by atoms with Gasteiger partial charge in [0.05, 0.1) is 5.92 Å². The van der Waals surface area contributed by atoms with Gasteiger partial charge in [0.1, 0.15) is 5.58 Å². The molecule has 1 aromatic carbocycles. The molecule has 2 heterocycles. The number of carbonyl (C=O) groups is 2. The van der Waals surface area contributed by atoms with E-state index >= 15 is 0 Å². The van der Waals surface area contributed by atoms with Gasteiger partial charge in [-0.3, -0.25) is 14.5 Å². The Balaban J connectivity index is 1.67. The third-order valence-corrected chi connectivity index (χ3v) is 5.60. The van der Waals surface area contributed by atoms with E-state index in [1.54, 1.807) is 0 Å². The molecule has 2 fully saturated rings. The minimum Gasteiger partial charge on any atom is -0.451 e. The summed E-state index contributed by atoms with van der Waals surface area (Å²) in [6.45, 7) is 3.48. The van der Waals surface area contributed by atoms with Crippen LogP contribution in [-0.2, 0) is 4.79 Å². The summed E-state index contributed by atoms with van der Waals surface area (Å²) in [4.78, 5) is 27.6. The molecule has 1 aliphatic carbocycles. The van der Waals surface area contributed by atoms with Crippen LogP contribution < -0.4 is 5.32 Å². The summed E-state index contributed by atoms with van der Waals surface area (Å²) in [7, 11) is 0. The van der Waals surface area contributed by atoms with E-state index in [0.29, 0.717) is 12.1 Å². The topological polar surface area (TPSA) is 62.6 Å². The highest BCUT2D eigenvalue weighted by molar-refractivity contribution is 9.10. The summed E-state index contributed by atoms with van der Waals surface area (Å²) >= 11 is 3.45. The van der Waals surface area contributed by atoms with Gasteiger partial charge in [0, 0.05) is 28.0 Å². The summed E-state index contributed by atoms with van der Waals surface area (Å²) in [5.41, 5.74) is 1.47. The third-order valence-electron chi connectivity index (χ3n) is 5.11. The van der Waals surface area contributed by atoms with Gasteiger partial charge in [-0.05, 0) is 57.4 Å². The van der Waals surface area contributed by atoms with Crippen molar-refractivity contribution >= 4 is 38.7 Å². The van der Waals surface area contributed by atoms with E-state index in [4.69, 9.17) is 4.42 Å². The van der Waals surface area contributed by atoms with Crippen LogP contribution in [0.2, 0.25) is 0 Å². The first kappa shape index (κ1) is 16.8. The summed E-state index contributed by atoms with van der Waals surface area (Å²) in [5, 5.41) is 4.16. The van der Waals surface area contributed by atoms with Crippen molar-refractivity contribution in [2.75, 3.05) is 13.1 Å². The maximum Gasteiger partial charge on any atom is 0.296 e. The lowest BCUT2D eigenvalue weighted by Crippen LogP contribution is -2.46. The zero-order valence-electron chi connectivity index (χ0n) is 14.2. The largest absolute Gasteiger partial charge is 0.451 e. The van der Waals surface area contributed by atoms with E-state index in [-0.39, 0.29) is 29.5 Å². The number of aryl methyl sites for hydroxylation is 1. The van der Waals surface area contributed by atoms with Crippen LogP contribution in [0.4, 0.5) is 0 Å². The molecule has 25 heavy (non-hydrogen) atoms. The van der Waals surface area contributed by atoms with Gasteiger partial charge in [-0.15, -0.1) is 0 Å². The summed E-state index contributed by atoms with van der Waals surface area (Å²) in [5.74, 6) is -0.169. The number of carbonyl (C=O) groups excluding carboxylic acids is 2. The number of nitrogens with one attached hydrogen (secondary N) is 1. The Kier molecular flexibility index (Phi) is 4.41. The molecule has 1 aromatic heterocycles. The van der Waals surface area contributed by atoms with E-state index in [2.05, 4.69) is 21.2 Å². The predicted octanol–water partition coefficient (Wildman–Crippen LogP) is 3.63. The fourth-order valence-corrected chi connectivity index (χ4v) is 3.91. The minimum absolute atomic E-state index is 0.0290. The molecule has 2 aromatic rings. The van der Waals surface area contributed by atoms with Crippen molar-refractivity contribution in [2.45, 2.75) is 38.6 Å². The predicted molar refractivity (Wildman–Crippen MR) is 98.4 cm³/mol. The Bertz CT molecular complexity index is 835. The Morgan fingerprint density at radius 3 is 2.76 bits per heavy atom. The summed E-state index contributed by atoms with van der Waals surface area (Å²) < 4.78 is 6.77. The molecule has 132 valence electrons. The molecule has 0 spiro atoms. The van der Waals surface area contributed by atoms with Crippen LogP contribution >= 0.6 is 15.9 Å². The standard InChI is InChI=1S/C19H21BrN2O3/c1-11-15-9-13(20)4-7-16(15)25-17(11)19(24)22(14-5-6-14)18(23)12-3-2-8-21-10-12/h4,7,9,12,14,21H,2-3,5-6,8,10H2,1H3. The van der Waals surface area contributed by atoms with Gasteiger partial charge in [0.15, 0.2) is 5.76 Å². The Morgan fingerprint density at radius 1 is 1.28 bits per heavy atom. The summed E-state index contributed by atoms with van der Waals surface area (Å²) in [6, 6.07) is 5.70. The number of hydrogen-bond acceptors (Lipinski definition) is 4. The van der Waals surface area contributed by atoms with Crippen molar-refractivity contribution in [1.82, 2.24) is 10.2 Å². The van der Waals surface area contributed by atoms with Crippen LogP contribution in [0.5, 0.6) is 0 Å². The Morgan fingerprint density at radius 2 is 2.08 bits per heavy atom. The second kappa shape index (κ2) is 6.57. The number of imide groups is 1. The molecule has 1 saturated carbocycles. The van der Waals surface area contributed by atoms with Crippen molar-refractivity contribution in [3.63, 3.8) is 0 Å². The number of furan rings is 1. The number of nitrogens with zero attached hydrogens (tertiary/aromatic N) is 1. The molecule has 1 aliphatic heterocycles. The maximum absolute atomic E-state index is 13.2. The van der Waals surface area contributed by atoms with Crippen LogP contribution in [0, 0.1) is 12.8 Å². The summed E-state index contributed by atoms with van der Waals surface area (Å²) in [6.07, 6.45) is 3.60. The average molecular weight is 405 g/mol. The van der Waals surface area contributed by atoms with Crippen molar-refractivity contribution < 1.29 is 14.0 Å². The SMILES string of the molecule is Cc1c(C(=O)N(C(=O)C2CCCNC2)C2CC2)oc2ccc(Br)cc12. The normalized spacial score (nSPS) is 20.6. The van der Waals surface area contributed by atoms with Crippen molar-refractivity contribution in [1.29, 1.82) is 0 Å². The highest BCUT2D eigenvalue weighted by atomic mass is 79.9. The molecule has 2 aliphatic rings. The first-order valence-electron chi connectivity index (χ1n) is 8.83. The monoisotopic (exact) mass is 404 g/mol. The second-order valence-electron chi connectivity index (χ2n) is 6.98. The number of halogens is 1. The number of benzene rings is 1. The molecule has 2 amide bonds. The van der Waals surface area contributed by atoms with E-state index in [0.717, 1.165) is 47.7 Å². The van der Waals surface area contributed by atoms with Crippen LogP contribution in [0.3, 0.4) is 0 Å². The minimum atomic E-state index is -0.289. The van der Waals surface area contributed by atoms with Crippen molar-refractivity contribution in [3.8, 4) is 0 Å². The molecule has 5 nitrogen and oxygen atoms in total. The van der Waals surface area contributed by atoms with E-state index < -0.39 is 0 Å². The fraction of sp³-hybridized carbons (Fsp3) is 0.474. The van der Waals surface area contributed by atoms with Gasteiger partial charge in [0.2, 0.25) is 5.91 Å². The first-order chi connectivity index (χ1) is 12.1. The highest BCUT2D eigenvalue weighted by Gasteiger charge is 2.42. The van der Waals surface area contributed by atoms with Gasteiger partial charge in [-0.1, -0.05) is 15.9 Å².